The van der Waals surface area contributed by atoms with Gasteiger partial charge < -0.3 is 0 Å². The Morgan fingerprint density at radius 3 is 2.33 bits per heavy atom. The molecule has 4 aromatic rings. The van der Waals surface area contributed by atoms with Crippen LogP contribution < -0.4 is 4.72 Å². The summed E-state index contributed by atoms with van der Waals surface area (Å²) in [6, 6.07) is 23.0. The minimum atomic E-state index is -3.70. The number of nitrogens with zero attached hydrogens (tertiary/aromatic N) is 2. The van der Waals surface area contributed by atoms with Crippen LogP contribution in [0.3, 0.4) is 0 Å². The van der Waals surface area contributed by atoms with Crippen molar-refractivity contribution in [2.45, 2.75) is 37.6 Å². The molecule has 154 valence electrons. The van der Waals surface area contributed by atoms with Gasteiger partial charge >= 0.3 is 0 Å². The highest BCUT2D eigenvalue weighted by Gasteiger charge is 2.18. The van der Waals surface area contributed by atoms with Crippen LogP contribution in [-0.2, 0) is 22.0 Å². The molecule has 1 N–H and O–H groups in total. The van der Waals surface area contributed by atoms with E-state index in [9.17, 15) is 8.42 Å². The summed E-state index contributed by atoms with van der Waals surface area (Å²) >= 11 is 0. The molecule has 0 spiro atoms. The zero-order valence-electron chi connectivity index (χ0n) is 17.3. The molecule has 0 aliphatic rings. The van der Waals surface area contributed by atoms with Crippen molar-refractivity contribution in [3.8, 4) is 0 Å². The van der Waals surface area contributed by atoms with Crippen LogP contribution in [0.1, 0.15) is 31.9 Å². The Morgan fingerprint density at radius 2 is 1.60 bits per heavy atom. The van der Waals surface area contributed by atoms with E-state index in [1.807, 2.05) is 30.3 Å². The van der Waals surface area contributed by atoms with E-state index in [-0.39, 0.29) is 10.3 Å². The second kappa shape index (κ2) is 7.61. The Hall–Kier alpha value is -3.12. The second-order valence-electron chi connectivity index (χ2n) is 8.42. The molecule has 0 aliphatic heterocycles. The minimum Gasteiger partial charge on any atom is -0.266 e. The zero-order chi connectivity index (χ0) is 21.4. The van der Waals surface area contributed by atoms with Gasteiger partial charge in [-0.1, -0.05) is 75.4 Å². The third kappa shape index (κ3) is 4.24. The fourth-order valence-corrected chi connectivity index (χ4v) is 4.44. The minimum absolute atomic E-state index is 0.0316. The van der Waals surface area contributed by atoms with E-state index < -0.39 is 10.0 Å². The van der Waals surface area contributed by atoms with Crippen molar-refractivity contribution < 1.29 is 8.42 Å². The summed E-state index contributed by atoms with van der Waals surface area (Å²) in [6.07, 6.45) is 1.78. The van der Waals surface area contributed by atoms with Gasteiger partial charge in [0, 0.05) is 12.3 Å². The van der Waals surface area contributed by atoms with Gasteiger partial charge in [-0.3, -0.25) is 9.40 Å². The smallest absolute Gasteiger partial charge is 0.263 e. The topological polar surface area (TPSA) is 64.0 Å². The number of rotatable bonds is 5. The summed E-state index contributed by atoms with van der Waals surface area (Å²) < 4.78 is 29.8. The van der Waals surface area contributed by atoms with E-state index in [0.29, 0.717) is 12.4 Å². The van der Waals surface area contributed by atoms with Crippen LogP contribution in [0.5, 0.6) is 0 Å². The highest BCUT2D eigenvalue weighted by atomic mass is 32.2. The van der Waals surface area contributed by atoms with Gasteiger partial charge in [0.25, 0.3) is 10.0 Å². The zero-order valence-corrected chi connectivity index (χ0v) is 18.1. The number of fused-ring (bicyclic) bond motifs is 1. The number of hydrogen-bond donors (Lipinski definition) is 1. The maximum absolute atomic E-state index is 12.7. The summed E-state index contributed by atoms with van der Waals surface area (Å²) in [7, 11) is -3.70. The van der Waals surface area contributed by atoms with Gasteiger partial charge in [-0.05, 0) is 39.4 Å². The normalized spacial score (nSPS) is 12.2. The lowest BCUT2D eigenvalue weighted by atomic mass is 9.87. The Balaban J connectivity index is 1.52. The van der Waals surface area contributed by atoms with Gasteiger partial charge in [-0.25, -0.2) is 8.42 Å². The lowest BCUT2D eigenvalue weighted by molar-refractivity contribution is 0.587. The Morgan fingerprint density at radius 1 is 0.900 bits per heavy atom. The number of aromatic nitrogens is 2. The molecule has 0 atom stereocenters. The van der Waals surface area contributed by atoms with Crippen LogP contribution in [-0.4, -0.2) is 18.2 Å². The van der Waals surface area contributed by atoms with Crippen molar-refractivity contribution in [2.75, 3.05) is 4.72 Å². The summed E-state index contributed by atoms with van der Waals surface area (Å²) in [5.74, 6) is 0.301. The molecule has 0 bridgehead atoms. The molecular weight excluding hydrogens is 394 g/mol. The molecule has 6 heteroatoms. The fourth-order valence-electron chi connectivity index (χ4n) is 3.44. The number of sulfonamides is 1. The molecule has 30 heavy (non-hydrogen) atoms. The molecular formula is C24H25N3O2S. The first-order chi connectivity index (χ1) is 14.2. The van der Waals surface area contributed by atoms with E-state index in [1.165, 1.54) is 5.39 Å². The molecule has 0 aliphatic carbocycles. The van der Waals surface area contributed by atoms with Gasteiger partial charge in [0.1, 0.15) is 0 Å². The first-order valence-corrected chi connectivity index (χ1v) is 11.3. The average molecular weight is 420 g/mol. The van der Waals surface area contributed by atoms with Gasteiger partial charge in [0.05, 0.1) is 11.4 Å². The van der Waals surface area contributed by atoms with Gasteiger partial charge in [-0.15, -0.1) is 0 Å². The molecule has 0 radical (unpaired) electrons. The monoisotopic (exact) mass is 419 g/mol. The van der Waals surface area contributed by atoms with Crippen LogP contribution in [0.15, 0.2) is 83.9 Å². The molecule has 5 nitrogen and oxygen atoms in total. The largest absolute Gasteiger partial charge is 0.266 e. The number of anilines is 1. The fraction of sp³-hybridized carbons (Fsp3) is 0.208. The van der Waals surface area contributed by atoms with Crippen LogP contribution in [0, 0.1) is 0 Å². The Bertz CT molecular complexity index is 1280. The third-order valence-corrected chi connectivity index (χ3v) is 6.49. The predicted octanol–water partition coefficient (Wildman–Crippen LogP) is 5.18. The molecule has 1 aromatic heterocycles. The van der Waals surface area contributed by atoms with E-state index in [1.54, 1.807) is 29.1 Å². The first kappa shape index (κ1) is 20.2. The van der Waals surface area contributed by atoms with Crippen molar-refractivity contribution in [1.29, 1.82) is 0 Å². The standard InChI is InChI=1S/C24H25N3O2S/c1-24(2,3)20-11-13-21(14-12-20)30(28,29)26-23-15-16-27(25-23)17-19-9-6-8-18-7-4-5-10-22(18)19/h4-16H,17H2,1-3H3,(H,25,26). The van der Waals surface area contributed by atoms with E-state index >= 15 is 0 Å². The maximum atomic E-state index is 12.7. The van der Waals surface area contributed by atoms with Crippen molar-refractivity contribution in [3.63, 3.8) is 0 Å². The molecule has 1 heterocycles. The Kier molecular flexibility index (Phi) is 5.12. The molecule has 0 saturated carbocycles. The Labute approximate surface area is 177 Å². The van der Waals surface area contributed by atoms with Crippen molar-refractivity contribution in [3.05, 3.63) is 90.1 Å². The van der Waals surface area contributed by atoms with Crippen molar-refractivity contribution >= 4 is 26.6 Å². The predicted molar refractivity (Wildman–Crippen MR) is 121 cm³/mol. The van der Waals surface area contributed by atoms with Gasteiger partial charge in [0.15, 0.2) is 5.82 Å². The van der Waals surface area contributed by atoms with Crippen LogP contribution in [0.25, 0.3) is 10.8 Å². The second-order valence-corrected chi connectivity index (χ2v) is 10.1. The highest BCUT2D eigenvalue weighted by Crippen LogP contribution is 2.24. The summed E-state index contributed by atoms with van der Waals surface area (Å²) in [5.41, 5.74) is 2.18. The van der Waals surface area contributed by atoms with Crippen molar-refractivity contribution in [2.24, 2.45) is 0 Å². The molecule has 0 saturated heterocycles. The molecule has 3 aromatic carbocycles. The number of hydrogen-bond acceptors (Lipinski definition) is 3. The molecule has 4 rings (SSSR count). The molecule has 0 unspecified atom stereocenters. The number of nitrogens with one attached hydrogen (secondary N) is 1. The summed E-state index contributed by atoms with van der Waals surface area (Å²) in [6.45, 7) is 6.84. The summed E-state index contributed by atoms with van der Waals surface area (Å²) in [4.78, 5) is 0.221. The van der Waals surface area contributed by atoms with E-state index in [0.717, 1.165) is 16.5 Å². The lowest BCUT2D eigenvalue weighted by Crippen LogP contribution is -2.15. The highest BCUT2D eigenvalue weighted by molar-refractivity contribution is 7.92. The van der Waals surface area contributed by atoms with E-state index in [2.05, 4.69) is 54.9 Å². The average Bonchev–Trinajstić information content (AvgIpc) is 3.14. The van der Waals surface area contributed by atoms with Crippen molar-refractivity contribution in [1.82, 2.24) is 9.78 Å². The number of benzene rings is 3. The van der Waals surface area contributed by atoms with Crippen LogP contribution in [0.4, 0.5) is 5.82 Å². The van der Waals surface area contributed by atoms with Gasteiger partial charge in [-0.2, -0.15) is 5.10 Å². The third-order valence-electron chi connectivity index (χ3n) is 5.12. The molecule has 0 fully saturated rings. The van der Waals surface area contributed by atoms with Crippen LogP contribution in [0.2, 0.25) is 0 Å². The van der Waals surface area contributed by atoms with Gasteiger partial charge in [0.2, 0.25) is 0 Å². The molecule has 0 amide bonds. The van der Waals surface area contributed by atoms with Crippen LogP contribution >= 0.6 is 0 Å². The maximum Gasteiger partial charge on any atom is 0.263 e. The van der Waals surface area contributed by atoms with E-state index in [4.69, 9.17) is 0 Å². The quantitative estimate of drug-likeness (QED) is 0.485. The summed E-state index contributed by atoms with van der Waals surface area (Å²) in [5, 5.41) is 6.74. The SMILES string of the molecule is CC(C)(C)c1ccc(S(=O)(=O)Nc2ccn(Cc3cccc4ccccc34)n2)cc1. The first-order valence-electron chi connectivity index (χ1n) is 9.86. The lowest BCUT2D eigenvalue weighted by Gasteiger charge is -2.19.